The van der Waals surface area contributed by atoms with Gasteiger partial charge in [0.2, 0.25) is 0 Å². The van der Waals surface area contributed by atoms with Gasteiger partial charge in [-0.25, -0.2) is 14.4 Å². The van der Waals surface area contributed by atoms with Gasteiger partial charge in [-0.1, -0.05) is 12.1 Å². The van der Waals surface area contributed by atoms with Crippen molar-refractivity contribution in [2.45, 2.75) is 26.7 Å². The average molecular weight is 406 g/mol. The summed E-state index contributed by atoms with van der Waals surface area (Å²) in [6.45, 7) is 3.76. The Labute approximate surface area is 171 Å². The van der Waals surface area contributed by atoms with Gasteiger partial charge in [0, 0.05) is 24.5 Å². The molecule has 0 aliphatic heterocycles. The first-order chi connectivity index (χ1) is 14.5. The zero-order valence-corrected chi connectivity index (χ0v) is 16.5. The van der Waals surface area contributed by atoms with Gasteiger partial charge in [-0.2, -0.15) is 4.98 Å². The van der Waals surface area contributed by atoms with Crippen LogP contribution in [-0.2, 0) is 6.42 Å². The molecular weight excluding hydrogens is 387 g/mol. The third kappa shape index (κ3) is 3.95. The van der Waals surface area contributed by atoms with Gasteiger partial charge in [-0.15, -0.1) is 0 Å². The topological polar surface area (TPSA) is 98.7 Å². The van der Waals surface area contributed by atoms with E-state index < -0.39 is 5.91 Å². The van der Waals surface area contributed by atoms with Crippen molar-refractivity contribution in [2.24, 2.45) is 0 Å². The van der Waals surface area contributed by atoms with Crippen LogP contribution < -0.4 is 5.32 Å². The van der Waals surface area contributed by atoms with E-state index in [-0.39, 0.29) is 11.5 Å². The minimum Gasteiger partial charge on any atom is -0.334 e. The summed E-state index contributed by atoms with van der Waals surface area (Å²) in [6, 6.07) is 7.74. The van der Waals surface area contributed by atoms with Crippen molar-refractivity contribution in [2.75, 3.05) is 5.32 Å². The molecule has 4 aromatic rings. The van der Waals surface area contributed by atoms with Gasteiger partial charge in [0.05, 0.1) is 5.56 Å². The zero-order valence-electron chi connectivity index (χ0n) is 16.5. The Kier molecular flexibility index (Phi) is 5.34. The van der Waals surface area contributed by atoms with Crippen molar-refractivity contribution in [1.82, 2.24) is 24.7 Å². The highest BCUT2D eigenvalue weighted by molar-refractivity contribution is 6.03. The Balaban J connectivity index is 1.60. The number of amides is 1. The number of aromatic nitrogens is 5. The van der Waals surface area contributed by atoms with Gasteiger partial charge in [-0.05, 0) is 49.2 Å². The molecule has 0 radical (unpaired) electrons. The summed E-state index contributed by atoms with van der Waals surface area (Å²) in [5.41, 5.74) is 1.96. The fraction of sp³-hybridized carbons (Fsp3) is 0.190. The highest BCUT2D eigenvalue weighted by atomic mass is 19.1. The van der Waals surface area contributed by atoms with Crippen LogP contribution in [0.1, 0.15) is 35.2 Å². The summed E-state index contributed by atoms with van der Waals surface area (Å²) in [5.74, 6) is 0.712. The molecule has 0 aliphatic carbocycles. The molecule has 30 heavy (non-hydrogen) atoms. The molecule has 0 unspecified atom stereocenters. The number of rotatable bonds is 6. The number of carbonyl (C=O) groups excluding carboxylic acids is 1. The van der Waals surface area contributed by atoms with E-state index in [4.69, 9.17) is 4.52 Å². The van der Waals surface area contributed by atoms with Crippen molar-refractivity contribution in [1.29, 1.82) is 0 Å². The lowest BCUT2D eigenvalue weighted by molar-refractivity contribution is 0.102. The molecule has 9 heteroatoms. The van der Waals surface area contributed by atoms with Crippen LogP contribution in [0.2, 0.25) is 0 Å². The van der Waals surface area contributed by atoms with Crippen LogP contribution in [0.25, 0.3) is 17.3 Å². The quantitative estimate of drug-likeness (QED) is 0.520. The number of nitrogens with one attached hydrogen (secondary N) is 1. The number of imidazole rings is 1. The standard InChI is InChI=1S/C21H19FN6O2/c1-3-5-18-26-21(30-27-18)15-6-4-9-23-19(15)28-11-17(24-12-28)20(29)25-16-8-7-14(22)10-13(16)2/h4,6-12H,3,5H2,1-2H3,(H,25,29). The highest BCUT2D eigenvalue weighted by Crippen LogP contribution is 2.24. The average Bonchev–Trinajstić information content (AvgIpc) is 3.40. The summed E-state index contributed by atoms with van der Waals surface area (Å²) in [7, 11) is 0. The molecule has 8 nitrogen and oxygen atoms in total. The van der Waals surface area contributed by atoms with Crippen LogP contribution in [0.5, 0.6) is 0 Å². The number of pyridine rings is 1. The van der Waals surface area contributed by atoms with E-state index in [2.05, 4.69) is 25.4 Å². The minimum atomic E-state index is -0.413. The van der Waals surface area contributed by atoms with E-state index in [1.54, 1.807) is 30.0 Å². The van der Waals surface area contributed by atoms with Gasteiger partial charge in [0.25, 0.3) is 11.8 Å². The maximum Gasteiger partial charge on any atom is 0.275 e. The number of benzene rings is 1. The van der Waals surface area contributed by atoms with E-state index in [9.17, 15) is 9.18 Å². The lowest BCUT2D eigenvalue weighted by Crippen LogP contribution is -2.13. The van der Waals surface area contributed by atoms with Crippen LogP contribution in [0.3, 0.4) is 0 Å². The van der Waals surface area contributed by atoms with Gasteiger partial charge < -0.3 is 9.84 Å². The SMILES string of the molecule is CCCc1noc(-c2cccnc2-n2cnc(C(=O)Nc3ccc(F)cc3C)c2)n1. The second kappa shape index (κ2) is 8.24. The predicted molar refractivity (Wildman–Crippen MR) is 108 cm³/mol. The molecule has 152 valence electrons. The number of nitrogens with zero attached hydrogens (tertiary/aromatic N) is 5. The van der Waals surface area contributed by atoms with Gasteiger partial charge in [0.15, 0.2) is 11.6 Å². The molecule has 0 aliphatic rings. The first kappa shape index (κ1) is 19.4. The normalized spacial score (nSPS) is 10.9. The molecule has 1 aromatic carbocycles. The Bertz CT molecular complexity index is 1200. The molecule has 3 aromatic heterocycles. The molecule has 1 amide bonds. The molecule has 0 atom stereocenters. The highest BCUT2D eigenvalue weighted by Gasteiger charge is 2.17. The zero-order chi connectivity index (χ0) is 21.1. The van der Waals surface area contributed by atoms with E-state index in [1.807, 2.05) is 13.0 Å². The van der Waals surface area contributed by atoms with Crippen molar-refractivity contribution in [3.63, 3.8) is 0 Å². The Morgan fingerprint density at radius 3 is 2.93 bits per heavy atom. The van der Waals surface area contributed by atoms with Gasteiger partial charge in [0.1, 0.15) is 17.8 Å². The summed E-state index contributed by atoms with van der Waals surface area (Å²) in [4.78, 5) is 25.6. The molecule has 0 bridgehead atoms. The predicted octanol–water partition coefficient (Wildman–Crippen LogP) is 3.97. The number of aryl methyl sites for hydroxylation is 2. The van der Waals surface area contributed by atoms with E-state index in [0.29, 0.717) is 34.3 Å². The molecule has 4 rings (SSSR count). The summed E-state index contributed by atoms with van der Waals surface area (Å²) in [6.07, 6.45) is 6.30. The monoisotopic (exact) mass is 406 g/mol. The van der Waals surface area contributed by atoms with Crippen molar-refractivity contribution < 1.29 is 13.7 Å². The number of hydrogen-bond donors (Lipinski definition) is 1. The van der Waals surface area contributed by atoms with Crippen molar-refractivity contribution in [3.8, 4) is 17.3 Å². The number of anilines is 1. The lowest BCUT2D eigenvalue weighted by atomic mass is 10.2. The Morgan fingerprint density at radius 2 is 2.13 bits per heavy atom. The maximum atomic E-state index is 13.3. The van der Waals surface area contributed by atoms with Crippen LogP contribution >= 0.6 is 0 Å². The summed E-state index contributed by atoms with van der Waals surface area (Å²) < 4.78 is 20.3. The largest absolute Gasteiger partial charge is 0.334 e. The van der Waals surface area contributed by atoms with E-state index in [0.717, 1.165) is 12.8 Å². The Morgan fingerprint density at radius 1 is 1.27 bits per heavy atom. The van der Waals surface area contributed by atoms with E-state index >= 15 is 0 Å². The molecule has 0 fully saturated rings. The minimum absolute atomic E-state index is 0.188. The van der Waals surface area contributed by atoms with Crippen LogP contribution in [-0.4, -0.2) is 30.6 Å². The van der Waals surface area contributed by atoms with Gasteiger partial charge >= 0.3 is 0 Å². The van der Waals surface area contributed by atoms with E-state index in [1.165, 1.54) is 24.5 Å². The number of hydrogen-bond acceptors (Lipinski definition) is 6. The lowest BCUT2D eigenvalue weighted by Gasteiger charge is -2.07. The van der Waals surface area contributed by atoms with Crippen LogP contribution in [0.15, 0.2) is 53.6 Å². The third-order valence-corrected chi connectivity index (χ3v) is 4.46. The van der Waals surface area contributed by atoms with Crippen molar-refractivity contribution in [3.05, 3.63) is 72.0 Å². The number of carbonyl (C=O) groups is 1. The molecule has 0 saturated heterocycles. The van der Waals surface area contributed by atoms with Gasteiger partial charge in [-0.3, -0.25) is 9.36 Å². The van der Waals surface area contributed by atoms with Crippen molar-refractivity contribution >= 4 is 11.6 Å². The fourth-order valence-corrected chi connectivity index (χ4v) is 2.97. The first-order valence-corrected chi connectivity index (χ1v) is 9.45. The molecular formula is C21H19FN6O2. The van der Waals surface area contributed by atoms with Crippen LogP contribution in [0.4, 0.5) is 10.1 Å². The smallest absolute Gasteiger partial charge is 0.275 e. The first-order valence-electron chi connectivity index (χ1n) is 9.45. The summed E-state index contributed by atoms with van der Waals surface area (Å²) in [5, 5.41) is 6.72. The fourth-order valence-electron chi connectivity index (χ4n) is 2.97. The third-order valence-electron chi connectivity index (χ3n) is 4.46. The maximum absolute atomic E-state index is 13.3. The molecule has 3 heterocycles. The second-order valence-corrected chi connectivity index (χ2v) is 6.72. The summed E-state index contributed by atoms with van der Waals surface area (Å²) >= 11 is 0. The number of halogens is 1. The second-order valence-electron chi connectivity index (χ2n) is 6.72. The molecule has 0 spiro atoms. The molecule has 1 N–H and O–H groups in total. The van der Waals surface area contributed by atoms with Crippen LogP contribution in [0, 0.1) is 12.7 Å². The molecule has 0 saturated carbocycles. The Hall–Kier alpha value is -3.88.